The van der Waals surface area contributed by atoms with Crippen molar-refractivity contribution in [3.63, 3.8) is 0 Å². The molecule has 0 aromatic carbocycles. The third kappa shape index (κ3) is 2.01. The molecule has 0 aromatic rings. The summed E-state index contributed by atoms with van der Waals surface area (Å²) in [6.45, 7) is 3.22. The van der Waals surface area contributed by atoms with Crippen LogP contribution in [0.2, 0.25) is 0 Å². The Labute approximate surface area is 87.0 Å². The summed E-state index contributed by atoms with van der Waals surface area (Å²) in [6, 6.07) is 0. The first-order valence-electron chi connectivity index (χ1n) is 3.95. The average Bonchev–Trinajstić information content (AvgIpc) is 2.12. The maximum Gasteiger partial charge on any atom is 0.269 e. The summed E-state index contributed by atoms with van der Waals surface area (Å²) in [6.07, 6.45) is 2.20. The minimum Gasteiger partial charge on any atom is -0.506 e. The zero-order valence-electron chi connectivity index (χ0n) is 7.75. The predicted octanol–water partition coefficient (Wildman–Crippen LogP) is -0.414. The second-order valence-corrected chi connectivity index (χ2v) is 4.51. The first-order valence-corrected chi connectivity index (χ1v) is 5.45. The highest BCUT2D eigenvalue weighted by atomic mass is 32.2. The van der Waals surface area contributed by atoms with Crippen LogP contribution >= 0.6 is 0 Å². The van der Waals surface area contributed by atoms with Crippen molar-refractivity contribution in [1.29, 1.82) is 0 Å². The van der Waals surface area contributed by atoms with Crippen LogP contribution in [0.15, 0.2) is 35.6 Å². The Bertz CT molecular complexity index is 461. The summed E-state index contributed by atoms with van der Waals surface area (Å²) in [5.74, 6) is -1.48. The molecule has 15 heavy (non-hydrogen) atoms. The van der Waals surface area contributed by atoms with Crippen molar-refractivity contribution in [2.75, 3.05) is 6.54 Å². The summed E-state index contributed by atoms with van der Waals surface area (Å²) < 4.78 is 23.6. The van der Waals surface area contributed by atoms with Crippen molar-refractivity contribution >= 4 is 15.9 Å². The Balaban J connectivity index is 3.33. The standard InChI is InChI=1S/C8H10N2O4S/c1-2-4-10-7(8(9)12)6(11)3-5-15(10,13)14/h2-3,5,11H,1,4H2,(H2,9,12). The Morgan fingerprint density at radius 2 is 2.27 bits per heavy atom. The molecule has 1 aliphatic rings. The maximum absolute atomic E-state index is 11.5. The van der Waals surface area contributed by atoms with E-state index in [1.54, 1.807) is 0 Å². The van der Waals surface area contributed by atoms with Gasteiger partial charge < -0.3 is 10.8 Å². The van der Waals surface area contributed by atoms with Gasteiger partial charge in [-0.05, 0) is 6.08 Å². The fourth-order valence-electron chi connectivity index (χ4n) is 1.12. The molecule has 0 radical (unpaired) electrons. The van der Waals surface area contributed by atoms with Crippen LogP contribution < -0.4 is 5.73 Å². The Morgan fingerprint density at radius 1 is 1.67 bits per heavy atom. The number of nitrogens with zero attached hydrogens (tertiary/aromatic N) is 1. The zero-order chi connectivity index (χ0) is 11.6. The second-order valence-electron chi connectivity index (χ2n) is 2.77. The highest BCUT2D eigenvalue weighted by Gasteiger charge is 2.30. The van der Waals surface area contributed by atoms with E-state index >= 15 is 0 Å². The van der Waals surface area contributed by atoms with Gasteiger partial charge in [0.1, 0.15) is 5.76 Å². The van der Waals surface area contributed by atoms with E-state index in [1.165, 1.54) is 6.08 Å². The quantitative estimate of drug-likeness (QED) is 0.643. The van der Waals surface area contributed by atoms with Crippen molar-refractivity contribution in [2.24, 2.45) is 5.73 Å². The van der Waals surface area contributed by atoms with E-state index in [2.05, 4.69) is 6.58 Å². The molecular weight excluding hydrogens is 220 g/mol. The number of carbonyl (C=O) groups is 1. The molecule has 1 aliphatic heterocycles. The Hall–Kier alpha value is -1.76. The predicted molar refractivity (Wildman–Crippen MR) is 53.8 cm³/mol. The minimum atomic E-state index is -3.75. The minimum absolute atomic E-state index is 0.130. The summed E-state index contributed by atoms with van der Waals surface area (Å²) >= 11 is 0. The van der Waals surface area contributed by atoms with Crippen molar-refractivity contribution in [1.82, 2.24) is 4.31 Å². The Kier molecular flexibility index (Phi) is 2.85. The number of nitrogens with two attached hydrogens (primary N) is 1. The summed E-state index contributed by atoms with van der Waals surface area (Å²) in [7, 11) is -3.75. The second kappa shape index (κ2) is 3.77. The van der Waals surface area contributed by atoms with E-state index in [-0.39, 0.29) is 6.54 Å². The van der Waals surface area contributed by atoms with Crippen LogP contribution in [0.25, 0.3) is 0 Å². The van der Waals surface area contributed by atoms with Gasteiger partial charge in [-0.15, -0.1) is 6.58 Å². The lowest BCUT2D eigenvalue weighted by molar-refractivity contribution is -0.115. The van der Waals surface area contributed by atoms with Crippen molar-refractivity contribution in [2.45, 2.75) is 0 Å². The SMILES string of the molecule is C=CCN1C(C(N)=O)=C(O)C=CS1(=O)=O. The van der Waals surface area contributed by atoms with Gasteiger partial charge in [-0.3, -0.25) is 9.10 Å². The normalized spacial score (nSPS) is 19.1. The van der Waals surface area contributed by atoms with Crippen LogP contribution in [0.3, 0.4) is 0 Å². The number of sulfonamides is 1. The van der Waals surface area contributed by atoms with Crippen LogP contribution in [-0.4, -0.2) is 30.3 Å². The topological polar surface area (TPSA) is 101 Å². The molecule has 0 bridgehead atoms. The molecule has 0 spiro atoms. The monoisotopic (exact) mass is 230 g/mol. The van der Waals surface area contributed by atoms with Crippen LogP contribution in [-0.2, 0) is 14.8 Å². The van der Waals surface area contributed by atoms with E-state index in [0.717, 1.165) is 11.5 Å². The van der Waals surface area contributed by atoms with E-state index < -0.39 is 27.4 Å². The lowest BCUT2D eigenvalue weighted by atomic mass is 10.3. The zero-order valence-corrected chi connectivity index (χ0v) is 8.57. The molecule has 0 saturated heterocycles. The summed E-state index contributed by atoms with van der Waals surface area (Å²) in [4.78, 5) is 11.0. The number of primary amides is 1. The molecule has 0 aromatic heterocycles. The van der Waals surface area contributed by atoms with Crippen molar-refractivity contribution < 1.29 is 18.3 Å². The first-order chi connectivity index (χ1) is 6.90. The van der Waals surface area contributed by atoms with Crippen LogP contribution in [0, 0.1) is 0 Å². The fourth-order valence-corrected chi connectivity index (χ4v) is 2.32. The molecule has 82 valence electrons. The fraction of sp³-hybridized carbons (Fsp3) is 0.125. The third-order valence-electron chi connectivity index (χ3n) is 1.73. The Morgan fingerprint density at radius 3 is 2.73 bits per heavy atom. The van der Waals surface area contributed by atoms with E-state index in [9.17, 15) is 18.3 Å². The molecule has 3 N–H and O–H groups in total. The van der Waals surface area contributed by atoms with Gasteiger partial charge in [0, 0.05) is 0 Å². The molecule has 7 heteroatoms. The lowest BCUT2D eigenvalue weighted by Crippen LogP contribution is -2.38. The number of rotatable bonds is 3. The van der Waals surface area contributed by atoms with Gasteiger partial charge in [-0.25, -0.2) is 8.42 Å². The third-order valence-corrected chi connectivity index (χ3v) is 3.15. The van der Waals surface area contributed by atoms with Crippen molar-refractivity contribution in [3.8, 4) is 0 Å². The van der Waals surface area contributed by atoms with Gasteiger partial charge in [0.2, 0.25) is 0 Å². The molecule has 0 aliphatic carbocycles. The molecule has 0 unspecified atom stereocenters. The molecule has 1 rings (SSSR count). The largest absolute Gasteiger partial charge is 0.506 e. The van der Waals surface area contributed by atoms with Gasteiger partial charge in [0.15, 0.2) is 5.70 Å². The molecule has 0 fully saturated rings. The number of aliphatic hydroxyl groups is 1. The van der Waals surface area contributed by atoms with E-state index in [0.29, 0.717) is 4.31 Å². The van der Waals surface area contributed by atoms with E-state index in [1.807, 2.05) is 0 Å². The number of hydrogen-bond donors (Lipinski definition) is 2. The van der Waals surface area contributed by atoms with Gasteiger partial charge in [-0.1, -0.05) is 6.08 Å². The van der Waals surface area contributed by atoms with E-state index in [4.69, 9.17) is 5.73 Å². The van der Waals surface area contributed by atoms with Gasteiger partial charge in [0.05, 0.1) is 12.0 Å². The van der Waals surface area contributed by atoms with Gasteiger partial charge in [-0.2, -0.15) is 0 Å². The lowest BCUT2D eigenvalue weighted by Gasteiger charge is -2.24. The maximum atomic E-state index is 11.5. The molecule has 0 saturated carbocycles. The number of allylic oxidation sites excluding steroid dienone is 1. The number of amides is 1. The van der Waals surface area contributed by atoms with Crippen LogP contribution in [0.5, 0.6) is 0 Å². The molecular formula is C8H10N2O4S. The average molecular weight is 230 g/mol. The van der Waals surface area contributed by atoms with Crippen LogP contribution in [0.1, 0.15) is 0 Å². The molecule has 1 amide bonds. The number of hydrogen-bond acceptors (Lipinski definition) is 4. The van der Waals surface area contributed by atoms with Crippen molar-refractivity contribution in [3.05, 3.63) is 35.6 Å². The highest BCUT2D eigenvalue weighted by molar-refractivity contribution is 7.92. The molecule has 6 nitrogen and oxygen atoms in total. The van der Waals surface area contributed by atoms with Gasteiger partial charge in [0.25, 0.3) is 15.9 Å². The first kappa shape index (κ1) is 11.3. The van der Waals surface area contributed by atoms with Crippen LogP contribution in [0.4, 0.5) is 0 Å². The summed E-state index contributed by atoms with van der Waals surface area (Å²) in [5, 5.41) is 10.1. The number of carbonyl (C=O) groups excluding carboxylic acids is 1. The molecule has 1 heterocycles. The number of aliphatic hydroxyl groups excluding tert-OH is 1. The highest BCUT2D eigenvalue weighted by Crippen LogP contribution is 2.21. The summed E-state index contributed by atoms with van der Waals surface area (Å²) in [5.41, 5.74) is 4.52. The van der Waals surface area contributed by atoms with Gasteiger partial charge >= 0.3 is 0 Å². The molecule has 0 atom stereocenters. The smallest absolute Gasteiger partial charge is 0.269 e.